The van der Waals surface area contributed by atoms with Crippen molar-refractivity contribution in [3.8, 4) is 0 Å². The molecule has 0 aliphatic rings. The Morgan fingerprint density at radius 2 is 1.38 bits per heavy atom. The maximum absolute atomic E-state index is 12.2. The third-order valence-electron chi connectivity index (χ3n) is 3.84. The number of hydrogen-bond donors (Lipinski definition) is 4. The van der Waals surface area contributed by atoms with E-state index in [0.717, 1.165) is 0 Å². The number of carboxylic acids is 1. The zero-order chi connectivity index (χ0) is 20.8. The Kier molecular flexibility index (Phi) is 5.69. The van der Waals surface area contributed by atoms with Crippen LogP contribution in [-0.2, 0) is 0 Å². The van der Waals surface area contributed by atoms with E-state index in [2.05, 4.69) is 16.2 Å². The lowest BCUT2D eigenvalue weighted by Gasteiger charge is -2.10. The van der Waals surface area contributed by atoms with Gasteiger partial charge < -0.3 is 14.8 Å². The maximum atomic E-state index is 12.2. The summed E-state index contributed by atoms with van der Waals surface area (Å²) in [6, 6.07) is 14.7. The molecule has 1 aromatic heterocycles. The van der Waals surface area contributed by atoms with Crippen molar-refractivity contribution in [3.63, 3.8) is 0 Å². The Hall–Kier alpha value is -4.40. The number of carbonyl (C=O) groups excluding carboxylic acids is 3. The molecule has 146 valence electrons. The van der Waals surface area contributed by atoms with Crippen molar-refractivity contribution < 1.29 is 28.7 Å². The van der Waals surface area contributed by atoms with Gasteiger partial charge in [-0.05, 0) is 48.5 Å². The van der Waals surface area contributed by atoms with Gasteiger partial charge in [0.1, 0.15) is 0 Å². The van der Waals surface area contributed by atoms with Crippen LogP contribution in [0.15, 0.2) is 71.3 Å². The fourth-order valence-electron chi connectivity index (χ4n) is 2.43. The number of aromatic carboxylic acids is 1. The minimum Gasteiger partial charge on any atom is -0.478 e. The molecule has 0 unspecified atom stereocenters. The van der Waals surface area contributed by atoms with E-state index in [1.54, 1.807) is 6.07 Å². The Balaban J connectivity index is 1.59. The quantitative estimate of drug-likeness (QED) is 0.491. The highest BCUT2D eigenvalue weighted by atomic mass is 16.4. The zero-order valence-electron chi connectivity index (χ0n) is 14.8. The number of benzene rings is 2. The first-order valence-corrected chi connectivity index (χ1v) is 8.33. The van der Waals surface area contributed by atoms with Gasteiger partial charge in [-0.2, -0.15) is 0 Å². The minimum absolute atomic E-state index is 0.0868. The SMILES string of the molecule is O=C(NNC(=O)c1ccccc1C(=O)O)c1ccc(NC(=O)c2ccco2)cc1. The van der Waals surface area contributed by atoms with Gasteiger partial charge in [-0.1, -0.05) is 12.1 Å². The van der Waals surface area contributed by atoms with Gasteiger partial charge in [0.05, 0.1) is 17.4 Å². The van der Waals surface area contributed by atoms with E-state index in [-0.39, 0.29) is 22.5 Å². The minimum atomic E-state index is -1.26. The molecule has 3 rings (SSSR count). The van der Waals surface area contributed by atoms with Crippen molar-refractivity contribution >= 4 is 29.4 Å². The first-order valence-electron chi connectivity index (χ1n) is 8.33. The lowest BCUT2D eigenvalue weighted by atomic mass is 10.1. The van der Waals surface area contributed by atoms with Gasteiger partial charge in [0.25, 0.3) is 17.7 Å². The third-order valence-corrected chi connectivity index (χ3v) is 3.84. The summed E-state index contributed by atoms with van der Waals surface area (Å²) in [5, 5.41) is 11.7. The van der Waals surface area contributed by atoms with Crippen LogP contribution in [0, 0.1) is 0 Å². The molecule has 9 heteroatoms. The first-order chi connectivity index (χ1) is 14.0. The first kappa shape index (κ1) is 19.4. The van der Waals surface area contributed by atoms with E-state index in [1.165, 1.54) is 60.9 Å². The number of hydrazine groups is 1. The maximum Gasteiger partial charge on any atom is 0.336 e. The lowest BCUT2D eigenvalue weighted by Crippen LogP contribution is -2.42. The molecule has 0 spiro atoms. The number of carboxylic acid groups (broad SMARTS) is 1. The predicted molar refractivity (Wildman–Crippen MR) is 101 cm³/mol. The highest BCUT2D eigenvalue weighted by Gasteiger charge is 2.16. The number of hydrogen-bond acceptors (Lipinski definition) is 5. The smallest absolute Gasteiger partial charge is 0.336 e. The summed E-state index contributed by atoms with van der Waals surface area (Å²) in [6.45, 7) is 0. The largest absolute Gasteiger partial charge is 0.478 e. The van der Waals surface area contributed by atoms with Gasteiger partial charge in [-0.25, -0.2) is 4.79 Å². The molecule has 0 aliphatic heterocycles. The molecule has 29 heavy (non-hydrogen) atoms. The summed E-state index contributed by atoms with van der Waals surface area (Å²) in [6.07, 6.45) is 1.38. The molecule has 0 bridgehead atoms. The van der Waals surface area contributed by atoms with Crippen LogP contribution in [0.2, 0.25) is 0 Å². The second kappa shape index (κ2) is 8.53. The lowest BCUT2D eigenvalue weighted by molar-refractivity contribution is 0.0690. The number of carbonyl (C=O) groups is 4. The zero-order valence-corrected chi connectivity index (χ0v) is 14.8. The molecule has 0 saturated heterocycles. The Labute approximate surface area is 164 Å². The summed E-state index contributed by atoms with van der Waals surface area (Å²) in [5.41, 5.74) is 4.78. The van der Waals surface area contributed by atoms with Crippen LogP contribution in [0.3, 0.4) is 0 Å². The molecule has 4 N–H and O–H groups in total. The van der Waals surface area contributed by atoms with Gasteiger partial charge >= 0.3 is 5.97 Å². The van der Waals surface area contributed by atoms with Gasteiger partial charge in [0.15, 0.2) is 5.76 Å². The summed E-state index contributed by atoms with van der Waals surface area (Å²) in [7, 11) is 0. The van der Waals surface area contributed by atoms with Crippen LogP contribution >= 0.6 is 0 Å². The highest BCUT2D eigenvalue weighted by Crippen LogP contribution is 2.12. The average molecular weight is 393 g/mol. The molecule has 3 amide bonds. The third kappa shape index (κ3) is 4.66. The highest BCUT2D eigenvalue weighted by molar-refractivity contribution is 6.06. The molecular formula is C20H15N3O6. The number of anilines is 1. The van der Waals surface area contributed by atoms with E-state index in [0.29, 0.717) is 5.69 Å². The molecule has 0 atom stereocenters. The predicted octanol–water partition coefficient (Wildman–Crippen LogP) is 2.30. The number of nitrogens with one attached hydrogen (secondary N) is 3. The summed E-state index contributed by atoms with van der Waals surface area (Å²) < 4.78 is 4.99. The van der Waals surface area contributed by atoms with Crippen molar-refractivity contribution in [2.45, 2.75) is 0 Å². The fourth-order valence-corrected chi connectivity index (χ4v) is 2.43. The summed E-state index contributed by atoms with van der Waals surface area (Å²) in [4.78, 5) is 47.4. The second-order valence-corrected chi connectivity index (χ2v) is 5.77. The Morgan fingerprint density at radius 1 is 0.724 bits per heavy atom. The van der Waals surface area contributed by atoms with Crippen molar-refractivity contribution in [2.75, 3.05) is 5.32 Å². The van der Waals surface area contributed by atoms with Crippen LogP contribution in [0.25, 0.3) is 0 Å². The van der Waals surface area contributed by atoms with Crippen LogP contribution < -0.4 is 16.2 Å². The van der Waals surface area contributed by atoms with Gasteiger partial charge in [-0.15, -0.1) is 0 Å². The molecule has 2 aromatic carbocycles. The second-order valence-electron chi connectivity index (χ2n) is 5.77. The van der Waals surface area contributed by atoms with Crippen molar-refractivity contribution in [3.05, 3.63) is 89.4 Å². The molecule has 1 heterocycles. The Bertz CT molecular complexity index is 1060. The molecule has 9 nitrogen and oxygen atoms in total. The average Bonchev–Trinajstić information content (AvgIpc) is 3.27. The summed E-state index contributed by atoms with van der Waals surface area (Å²) in [5.74, 6) is -2.92. The molecule has 0 aliphatic carbocycles. The number of furan rings is 1. The van der Waals surface area contributed by atoms with Crippen molar-refractivity contribution in [1.82, 2.24) is 10.9 Å². The van der Waals surface area contributed by atoms with E-state index >= 15 is 0 Å². The number of rotatable bonds is 5. The molecule has 3 aromatic rings. The molecule has 0 radical (unpaired) electrons. The monoisotopic (exact) mass is 393 g/mol. The van der Waals surface area contributed by atoms with E-state index in [4.69, 9.17) is 9.52 Å². The number of amides is 3. The normalized spacial score (nSPS) is 10.1. The van der Waals surface area contributed by atoms with Crippen LogP contribution in [0.5, 0.6) is 0 Å². The topological polar surface area (TPSA) is 138 Å². The van der Waals surface area contributed by atoms with Crippen LogP contribution in [0.1, 0.15) is 41.6 Å². The summed E-state index contributed by atoms with van der Waals surface area (Å²) >= 11 is 0. The standard InChI is InChI=1S/C20H15N3O6/c24-17(22-23-18(25)14-4-1-2-5-15(14)20(27)28)12-7-9-13(10-8-12)21-19(26)16-6-3-11-29-16/h1-11H,(H,21,26)(H,22,24)(H,23,25)(H,27,28). The van der Waals surface area contributed by atoms with Gasteiger partial charge in [0, 0.05) is 11.3 Å². The fraction of sp³-hybridized carbons (Fsp3) is 0. The van der Waals surface area contributed by atoms with Crippen molar-refractivity contribution in [1.29, 1.82) is 0 Å². The molecule has 0 fully saturated rings. The van der Waals surface area contributed by atoms with Gasteiger partial charge in [0.2, 0.25) is 0 Å². The van der Waals surface area contributed by atoms with Crippen molar-refractivity contribution in [2.24, 2.45) is 0 Å². The van der Waals surface area contributed by atoms with E-state index in [9.17, 15) is 19.2 Å². The van der Waals surface area contributed by atoms with E-state index < -0.39 is 23.7 Å². The van der Waals surface area contributed by atoms with E-state index in [1.807, 2.05) is 0 Å². The molecular weight excluding hydrogens is 378 g/mol. The van der Waals surface area contributed by atoms with Crippen LogP contribution in [0.4, 0.5) is 5.69 Å². The van der Waals surface area contributed by atoms with Crippen LogP contribution in [-0.4, -0.2) is 28.8 Å². The molecule has 0 saturated carbocycles. The van der Waals surface area contributed by atoms with Gasteiger partial charge in [-0.3, -0.25) is 25.2 Å². The Morgan fingerprint density at radius 3 is 2.00 bits per heavy atom.